The van der Waals surface area contributed by atoms with Crippen molar-refractivity contribution in [2.75, 3.05) is 19.3 Å². The molecular weight excluding hydrogens is 274 g/mol. The van der Waals surface area contributed by atoms with Crippen molar-refractivity contribution in [1.29, 1.82) is 0 Å². The zero-order valence-corrected chi connectivity index (χ0v) is 10.3. The van der Waals surface area contributed by atoms with E-state index in [9.17, 15) is 9.59 Å². The number of hydrogen-bond acceptors (Lipinski definition) is 3. The molecule has 0 spiro atoms. The molecule has 5 nitrogen and oxygen atoms in total. The van der Waals surface area contributed by atoms with Gasteiger partial charge in [0.25, 0.3) is 5.91 Å². The number of nitrogens with two attached hydrogens (primary N) is 2. The van der Waals surface area contributed by atoms with Crippen LogP contribution >= 0.6 is 15.9 Å². The van der Waals surface area contributed by atoms with E-state index < -0.39 is 5.91 Å². The standard InChI is InChI=1S/C10H12BrN3O2/c1-14(5-9(13)15)10(16)6-2-3-8(12)7(11)4-6/h2-4H,5,12H2,1H3,(H2,13,15). The summed E-state index contributed by atoms with van der Waals surface area (Å²) in [6, 6.07) is 4.82. The van der Waals surface area contributed by atoms with E-state index in [1.807, 2.05) is 0 Å². The van der Waals surface area contributed by atoms with Crippen LogP contribution in [0.1, 0.15) is 10.4 Å². The number of likely N-dealkylation sites (N-methyl/N-ethyl adjacent to an activating group) is 1. The molecule has 1 aromatic rings. The second kappa shape index (κ2) is 4.98. The number of hydrogen-bond donors (Lipinski definition) is 2. The Morgan fingerprint density at radius 3 is 2.56 bits per heavy atom. The average Bonchev–Trinajstić information content (AvgIpc) is 2.20. The zero-order chi connectivity index (χ0) is 12.3. The van der Waals surface area contributed by atoms with Crippen molar-refractivity contribution >= 4 is 33.4 Å². The van der Waals surface area contributed by atoms with E-state index in [-0.39, 0.29) is 12.5 Å². The monoisotopic (exact) mass is 285 g/mol. The van der Waals surface area contributed by atoms with Gasteiger partial charge in [0, 0.05) is 22.8 Å². The van der Waals surface area contributed by atoms with Gasteiger partial charge in [-0.3, -0.25) is 9.59 Å². The van der Waals surface area contributed by atoms with Crippen LogP contribution in [0.25, 0.3) is 0 Å². The van der Waals surface area contributed by atoms with Crippen LogP contribution in [0.2, 0.25) is 0 Å². The quantitative estimate of drug-likeness (QED) is 0.797. The molecule has 0 bridgehead atoms. The maximum absolute atomic E-state index is 11.8. The van der Waals surface area contributed by atoms with Crippen LogP contribution < -0.4 is 11.5 Å². The van der Waals surface area contributed by atoms with Crippen LogP contribution in [0, 0.1) is 0 Å². The van der Waals surface area contributed by atoms with E-state index in [0.29, 0.717) is 15.7 Å². The predicted octanol–water partition coefficient (Wildman–Crippen LogP) is 0.589. The number of benzene rings is 1. The lowest BCUT2D eigenvalue weighted by Crippen LogP contribution is -2.35. The molecule has 0 saturated heterocycles. The van der Waals surface area contributed by atoms with Crippen molar-refractivity contribution in [1.82, 2.24) is 4.90 Å². The first kappa shape index (κ1) is 12.5. The topological polar surface area (TPSA) is 89.4 Å². The van der Waals surface area contributed by atoms with E-state index in [2.05, 4.69) is 15.9 Å². The Morgan fingerprint density at radius 1 is 1.44 bits per heavy atom. The lowest BCUT2D eigenvalue weighted by molar-refractivity contribution is -0.118. The highest BCUT2D eigenvalue weighted by molar-refractivity contribution is 9.10. The molecule has 0 aliphatic rings. The fraction of sp³-hybridized carbons (Fsp3) is 0.200. The lowest BCUT2D eigenvalue weighted by atomic mass is 10.2. The molecule has 0 aliphatic carbocycles. The van der Waals surface area contributed by atoms with Gasteiger partial charge in [-0.05, 0) is 34.1 Å². The maximum atomic E-state index is 11.8. The Kier molecular flexibility index (Phi) is 3.89. The lowest BCUT2D eigenvalue weighted by Gasteiger charge is -2.15. The third-order valence-corrected chi connectivity index (χ3v) is 2.67. The second-order valence-electron chi connectivity index (χ2n) is 3.36. The summed E-state index contributed by atoms with van der Waals surface area (Å²) in [6.45, 7) is -0.110. The minimum absolute atomic E-state index is 0.110. The van der Waals surface area contributed by atoms with Crippen molar-refractivity contribution in [2.45, 2.75) is 0 Å². The second-order valence-corrected chi connectivity index (χ2v) is 4.22. The molecule has 0 aromatic heterocycles. The van der Waals surface area contributed by atoms with Crippen molar-refractivity contribution in [2.24, 2.45) is 5.73 Å². The van der Waals surface area contributed by atoms with Gasteiger partial charge in [0.15, 0.2) is 0 Å². The highest BCUT2D eigenvalue weighted by atomic mass is 79.9. The number of halogens is 1. The fourth-order valence-electron chi connectivity index (χ4n) is 1.19. The normalized spacial score (nSPS) is 9.88. The van der Waals surface area contributed by atoms with Gasteiger partial charge in [0.2, 0.25) is 5.91 Å². The molecule has 1 rings (SSSR count). The molecule has 0 aliphatic heterocycles. The number of amides is 2. The summed E-state index contributed by atoms with van der Waals surface area (Å²) >= 11 is 3.23. The van der Waals surface area contributed by atoms with E-state index >= 15 is 0 Å². The molecule has 86 valence electrons. The molecule has 1 aromatic carbocycles. The van der Waals surface area contributed by atoms with E-state index in [1.165, 1.54) is 11.9 Å². The molecule has 0 heterocycles. The number of carbonyl (C=O) groups is 2. The molecular formula is C10H12BrN3O2. The summed E-state index contributed by atoms with van der Waals surface area (Å²) in [5.41, 5.74) is 11.6. The average molecular weight is 286 g/mol. The number of nitrogens with zero attached hydrogens (tertiary/aromatic N) is 1. The van der Waals surface area contributed by atoms with E-state index in [1.54, 1.807) is 18.2 Å². The Morgan fingerprint density at radius 2 is 2.06 bits per heavy atom. The Labute approximate surface area is 102 Å². The van der Waals surface area contributed by atoms with E-state index in [0.717, 1.165) is 0 Å². The van der Waals surface area contributed by atoms with E-state index in [4.69, 9.17) is 11.5 Å². The Balaban J connectivity index is 2.88. The van der Waals surface area contributed by atoms with Crippen molar-refractivity contribution < 1.29 is 9.59 Å². The van der Waals surface area contributed by atoms with Gasteiger partial charge in [-0.1, -0.05) is 0 Å². The summed E-state index contributed by atoms with van der Waals surface area (Å²) in [5.74, 6) is -0.829. The minimum Gasteiger partial charge on any atom is -0.398 e. The molecule has 16 heavy (non-hydrogen) atoms. The summed E-state index contributed by atoms with van der Waals surface area (Å²) in [7, 11) is 1.51. The smallest absolute Gasteiger partial charge is 0.254 e. The van der Waals surface area contributed by atoms with Gasteiger partial charge >= 0.3 is 0 Å². The van der Waals surface area contributed by atoms with Crippen LogP contribution in [0.4, 0.5) is 5.69 Å². The number of primary amides is 1. The molecule has 0 radical (unpaired) electrons. The number of rotatable bonds is 3. The molecule has 0 unspecified atom stereocenters. The first-order valence-corrected chi connectivity index (χ1v) is 5.30. The Bertz CT molecular complexity index is 434. The third-order valence-electron chi connectivity index (χ3n) is 1.99. The van der Waals surface area contributed by atoms with Gasteiger partial charge in [-0.15, -0.1) is 0 Å². The Hall–Kier alpha value is -1.56. The van der Waals surface area contributed by atoms with Gasteiger partial charge in [-0.2, -0.15) is 0 Å². The number of carbonyl (C=O) groups excluding carboxylic acids is 2. The molecule has 0 saturated carbocycles. The van der Waals surface area contributed by atoms with Crippen LogP contribution in [0.15, 0.2) is 22.7 Å². The largest absolute Gasteiger partial charge is 0.398 e. The summed E-state index contributed by atoms with van der Waals surface area (Å²) < 4.78 is 0.644. The fourth-order valence-corrected chi connectivity index (χ4v) is 1.56. The highest BCUT2D eigenvalue weighted by Gasteiger charge is 2.14. The summed E-state index contributed by atoms with van der Waals surface area (Å²) in [6.07, 6.45) is 0. The molecule has 0 fully saturated rings. The van der Waals surface area contributed by atoms with Crippen LogP contribution in [-0.2, 0) is 4.79 Å². The predicted molar refractivity (Wildman–Crippen MR) is 64.7 cm³/mol. The first-order valence-electron chi connectivity index (χ1n) is 4.50. The van der Waals surface area contributed by atoms with Crippen LogP contribution in [-0.4, -0.2) is 30.3 Å². The molecule has 6 heteroatoms. The van der Waals surface area contributed by atoms with Gasteiger partial charge in [0.05, 0.1) is 6.54 Å². The molecule has 4 N–H and O–H groups in total. The van der Waals surface area contributed by atoms with Crippen molar-refractivity contribution in [3.05, 3.63) is 28.2 Å². The van der Waals surface area contributed by atoms with Crippen molar-refractivity contribution in [3.63, 3.8) is 0 Å². The summed E-state index contributed by atoms with van der Waals surface area (Å²) in [4.78, 5) is 23.7. The minimum atomic E-state index is -0.551. The first-order chi connectivity index (χ1) is 7.41. The van der Waals surface area contributed by atoms with Crippen LogP contribution in [0.3, 0.4) is 0 Å². The highest BCUT2D eigenvalue weighted by Crippen LogP contribution is 2.20. The van der Waals surface area contributed by atoms with Gasteiger partial charge in [0.1, 0.15) is 0 Å². The van der Waals surface area contributed by atoms with Crippen molar-refractivity contribution in [3.8, 4) is 0 Å². The van der Waals surface area contributed by atoms with Crippen LogP contribution in [0.5, 0.6) is 0 Å². The number of nitrogen functional groups attached to an aromatic ring is 1. The van der Waals surface area contributed by atoms with Gasteiger partial charge in [-0.25, -0.2) is 0 Å². The molecule has 2 amide bonds. The van der Waals surface area contributed by atoms with Gasteiger partial charge < -0.3 is 16.4 Å². The third kappa shape index (κ3) is 2.96. The molecule has 0 atom stereocenters. The SMILES string of the molecule is CN(CC(N)=O)C(=O)c1ccc(N)c(Br)c1. The maximum Gasteiger partial charge on any atom is 0.254 e. The number of anilines is 1. The summed E-state index contributed by atoms with van der Waals surface area (Å²) in [5, 5.41) is 0. The zero-order valence-electron chi connectivity index (χ0n) is 8.74.